The second-order valence-electron chi connectivity index (χ2n) is 6.68. The average molecular weight is 334 g/mol. The minimum Gasteiger partial charge on any atom is -0.341 e. The van der Waals surface area contributed by atoms with Crippen molar-refractivity contribution in [3.05, 3.63) is 60.1 Å². The molecular weight excluding hydrogens is 312 g/mol. The van der Waals surface area contributed by atoms with Gasteiger partial charge in [-0.1, -0.05) is 6.07 Å². The lowest BCUT2D eigenvalue weighted by Crippen LogP contribution is -2.34. The monoisotopic (exact) mass is 334 g/mol. The smallest absolute Gasteiger partial charge is 0.157 e. The van der Waals surface area contributed by atoms with E-state index in [9.17, 15) is 0 Å². The fourth-order valence-electron chi connectivity index (χ4n) is 3.43. The number of aryl methyl sites for hydroxylation is 1. The zero-order valence-electron chi connectivity index (χ0n) is 14.4. The molecule has 1 fully saturated rings. The first kappa shape index (κ1) is 15.9. The van der Waals surface area contributed by atoms with Crippen LogP contribution in [0.15, 0.2) is 43.1 Å². The molecule has 0 radical (unpaired) electrons. The number of likely N-dealkylation sites (tertiary alicyclic amines) is 1. The van der Waals surface area contributed by atoms with Crippen LogP contribution < -0.4 is 0 Å². The van der Waals surface area contributed by atoms with Crippen LogP contribution in [0, 0.1) is 6.92 Å². The third kappa shape index (κ3) is 3.74. The predicted molar refractivity (Wildman–Crippen MR) is 95.8 cm³/mol. The summed E-state index contributed by atoms with van der Waals surface area (Å²) in [7, 11) is 0. The molecule has 3 aromatic rings. The maximum absolute atomic E-state index is 4.83. The number of nitrogens with one attached hydrogen (secondary N) is 1. The van der Waals surface area contributed by atoms with E-state index in [1.807, 2.05) is 37.8 Å². The Hall–Kier alpha value is -2.60. The van der Waals surface area contributed by atoms with Gasteiger partial charge in [-0.25, -0.2) is 9.97 Å². The van der Waals surface area contributed by atoms with E-state index in [4.69, 9.17) is 4.98 Å². The molecule has 128 valence electrons. The first-order valence-electron chi connectivity index (χ1n) is 8.73. The van der Waals surface area contributed by atoms with Crippen molar-refractivity contribution in [2.75, 3.05) is 13.1 Å². The van der Waals surface area contributed by atoms with Crippen LogP contribution in [0.2, 0.25) is 0 Å². The topological polar surface area (TPSA) is 70.6 Å². The van der Waals surface area contributed by atoms with Crippen LogP contribution in [-0.2, 0) is 6.54 Å². The molecule has 6 heteroatoms. The van der Waals surface area contributed by atoms with E-state index in [0.29, 0.717) is 5.92 Å². The zero-order valence-corrected chi connectivity index (χ0v) is 14.4. The van der Waals surface area contributed by atoms with Gasteiger partial charge < -0.3 is 4.98 Å². The fraction of sp³-hybridized carbons (Fsp3) is 0.368. The van der Waals surface area contributed by atoms with Gasteiger partial charge in [-0.05, 0) is 37.9 Å². The van der Waals surface area contributed by atoms with Crippen molar-refractivity contribution in [2.45, 2.75) is 32.2 Å². The molecule has 0 amide bonds. The molecule has 1 atom stereocenters. The first-order valence-corrected chi connectivity index (χ1v) is 8.73. The van der Waals surface area contributed by atoms with Crippen LogP contribution in [0.25, 0.3) is 11.5 Å². The van der Waals surface area contributed by atoms with E-state index in [1.54, 1.807) is 6.20 Å². The molecule has 0 bridgehead atoms. The van der Waals surface area contributed by atoms with Crippen LogP contribution >= 0.6 is 0 Å². The molecule has 1 N–H and O–H groups in total. The third-order valence-electron chi connectivity index (χ3n) is 4.65. The van der Waals surface area contributed by atoms with E-state index in [-0.39, 0.29) is 0 Å². The molecule has 6 nitrogen and oxygen atoms in total. The highest BCUT2D eigenvalue weighted by molar-refractivity contribution is 5.48. The van der Waals surface area contributed by atoms with Gasteiger partial charge in [0.1, 0.15) is 5.69 Å². The van der Waals surface area contributed by atoms with Gasteiger partial charge in [0.15, 0.2) is 5.82 Å². The van der Waals surface area contributed by atoms with Crippen LogP contribution in [0.3, 0.4) is 0 Å². The lowest BCUT2D eigenvalue weighted by molar-refractivity contribution is 0.198. The Morgan fingerprint density at radius 3 is 2.96 bits per heavy atom. The van der Waals surface area contributed by atoms with Crippen LogP contribution in [0.1, 0.15) is 35.7 Å². The summed E-state index contributed by atoms with van der Waals surface area (Å²) in [6.07, 6.45) is 11.6. The summed E-state index contributed by atoms with van der Waals surface area (Å²) in [5, 5.41) is 0. The van der Waals surface area contributed by atoms with Crippen LogP contribution in [0.4, 0.5) is 0 Å². The quantitative estimate of drug-likeness (QED) is 0.794. The Kier molecular flexibility index (Phi) is 4.52. The largest absolute Gasteiger partial charge is 0.341 e. The zero-order chi connectivity index (χ0) is 17.1. The maximum Gasteiger partial charge on any atom is 0.157 e. The number of imidazole rings is 1. The number of hydrogen-bond donors (Lipinski definition) is 1. The van der Waals surface area contributed by atoms with Gasteiger partial charge in [-0.2, -0.15) is 0 Å². The third-order valence-corrected chi connectivity index (χ3v) is 4.65. The summed E-state index contributed by atoms with van der Waals surface area (Å²) >= 11 is 0. The van der Waals surface area contributed by atoms with Crippen LogP contribution in [-0.4, -0.2) is 42.9 Å². The molecule has 4 heterocycles. The number of rotatable bonds is 4. The second kappa shape index (κ2) is 7.11. The highest BCUT2D eigenvalue weighted by Crippen LogP contribution is 2.27. The van der Waals surface area contributed by atoms with E-state index in [1.165, 1.54) is 12.0 Å². The molecule has 0 saturated carbocycles. The van der Waals surface area contributed by atoms with E-state index in [0.717, 1.165) is 49.0 Å². The predicted octanol–water partition coefficient (Wildman–Crippen LogP) is 2.95. The van der Waals surface area contributed by atoms with Crippen molar-refractivity contribution in [1.82, 2.24) is 29.8 Å². The summed E-state index contributed by atoms with van der Waals surface area (Å²) in [6.45, 7) is 5.06. The highest BCUT2D eigenvalue weighted by atomic mass is 15.1. The summed E-state index contributed by atoms with van der Waals surface area (Å²) in [5.41, 5.74) is 4.16. The van der Waals surface area contributed by atoms with Crippen molar-refractivity contribution >= 4 is 0 Å². The van der Waals surface area contributed by atoms with Gasteiger partial charge in [0.2, 0.25) is 0 Å². The molecule has 1 unspecified atom stereocenters. The minimum absolute atomic E-state index is 0.411. The van der Waals surface area contributed by atoms with Crippen molar-refractivity contribution < 1.29 is 0 Å². The molecule has 25 heavy (non-hydrogen) atoms. The molecule has 0 spiro atoms. The highest BCUT2D eigenvalue weighted by Gasteiger charge is 2.23. The summed E-state index contributed by atoms with van der Waals surface area (Å²) in [4.78, 5) is 23.5. The van der Waals surface area contributed by atoms with Crippen molar-refractivity contribution in [2.24, 2.45) is 0 Å². The van der Waals surface area contributed by atoms with Gasteiger partial charge in [-0.3, -0.25) is 14.9 Å². The van der Waals surface area contributed by atoms with Crippen molar-refractivity contribution in [3.8, 4) is 11.5 Å². The Labute approximate surface area is 147 Å². The summed E-state index contributed by atoms with van der Waals surface area (Å²) in [6, 6.07) is 4.13. The number of piperidine rings is 1. The maximum atomic E-state index is 4.83. The van der Waals surface area contributed by atoms with Gasteiger partial charge in [0.05, 0.1) is 11.9 Å². The minimum atomic E-state index is 0.411. The summed E-state index contributed by atoms with van der Waals surface area (Å²) < 4.78 is 0. The van der Waals surface area contributed by atoms with E-state index < -0.39 is 0 Å². The van der Waals surface area contributed by atoms with Crippen molar-refractivity contribution in [1.29, 1.82) is 0 Å². The van der Waals surface area contributed by atoms with Gasteiger partial charge >= 0.3 is 0 Å². The first-order chi connectivity index (χ1) is 12.3. The van der Waals surface area contributed by atoms with E-state index >= 15 is 0 Å². The Bertz CT molecular complexity index is 829. The molecular formula is C19H22N6. The number of aromatic amines is 1. The van der Waals surface area contributed by atoms with Gasteiger partial charge in [0, 0.05) is 49.5 Å². The molecule has 1 aliphatic rings. The van der Waals surface area contributed by atoms with Gasteiger partial charge in [0.25, 0.3) is 0 Å². The molecule has 1 aliphatic heterocycles. The van der Waals surface area contributed by atoms with Crippen molar-refractivity contribution in [3.63, 3.8) is 0 Å². The Morgan fingerprint density at radius 1 is 1.20 bits per heavy atom. The number of nitrogens with zero attached hydrogens (tertiary/aromatic N) is 5. The number of aromatic nitrogens is 5. The average Bonchev–Trinajstić information content (AvgIpc) is 3.09. The Morgan fingerprint density at radius 2 is 2.16 bits per heavy atom. The normalized spacial score (nSPS) is 18.4. The Balaban J connectivity index is 1.49. The SMILES string of the molecule is Cc1cnc(-c2cncc(C3CCCN(Cc4cccnc4)C3)n2)[nH]1. The molecule has 4 rings (SSSR count). The fourth-order valence-corrected chi connectivity index (χ4v) is 3.43. The number of hydrogen-bond acceptors (Lipinski definition) is 5. The number of pyridine rings is 1. The molecule has 1 saturated heterocycles. The summed E-state index contributed by atoms with van der Waals surface area (Å²) in [5.74, 6) is 1.20. The number of H-pyrrole nitrogens is 1. The standard InChI is InChI=1S/C19H22N6/c1-14-8-22-19(23-14)18-11-21-10-17(24-18)16-5-3-7-25(13-16)12-15-4-2-6-20-9-15/h2,4,6,8-11,16H,3,5,7,12-13H2,1H3,(H,22,23). The lowest BCUT2D eigenvalue weighted by atomic mass is 9.94. The second-order valence-corrected chi connectivity index (χ2v) is 6.68. The van der Waals surface area contributed by atoms with Crippen LogP contribution in [0.5, 0.6) is 0 Å². The lowest BCUT2D eigenvalue weighted by Gasteiger charge is -2.32. The van der Waals surface area contributed by atoms with Gasteiger partial charge in [-0.15, -0.1) is 0 Å². The molecule has 0 aliphatic carbocycles. The molecule has 0 aromatic carbocycles. The molecule has 3 aromatic heterocycles. The van der Waals surface area contributed by atoms with E-state index in [2.05, 4.69) is 30.9 Å².